The van der Waals surface area contributed by atoms with Crippen LogP contribution in [0.5, 0.6) is 0 Å². The molecule has 4 aromatic rings. The molecule has 0 saturated carbocycles. The lowest BCUT2D eigenvalue weighted by atomic mass is 9.75. The molecule has 2 aliphatic heterocycles. The SMILES string of the molecule is COCCNS(=O)(=O)c1cc(S(=O)(=O)[O-])cc2c3c(ccc12)N(CCOC)/C(=C/C=C/C1=[N+](CCCCCC(=O)O)c2ccc4c(S(=O)(=O)[O-])cc(S(=O)(=O)[O-])cc4c2C1(C)C)C3(C)CCCS(=O)(=O)[O-]. The number of methoxy groups -OCH3 is 2. The van der Waals surface area contributed by atoms with Crippen molar-refractivity contribution in [3.05, 3.63) is 83.6 Å². The van der Waals surface area contributed by atoms with Crippen LogP contribution in [0.25, 0.3) is 21.5 Å². The van der Waals surface area contributed by atoms with Gasteiger partial charge in [0.25, 0.3) is 0 Å². The summed E-state index contributed by atoms with van der Waals surface area (Å²) in [5.41, 5.74) is -0.0349. The number of anilines is 1. The van der Waals surface area contributed by atoms with E-state index < -0.39 is 92.6 Å². The highest BCUT2D eigenvalue weighted by molar-refractivity contribution is 7.90. The number of unbranched alkanes of at least 4 members (excludes halogenated alkanes) is 2. The molecule has 6 rings (SSSR count). The minimum absolute atomic E-state index is 0.00372. The monoisotopic (exact) mass is 1080 g/mol. The molecule has 2 N–H and O–H groups in total. The Balaban J connectivity index is 1.62. The fraction of sp³-hybridized carbons (Fsp3) is 0.422. The number of hydrogen-bond acceptors (Lipinski definition) is 18. The van der Waals surface area contributed by atoms with Crippen molar-refractivity contribution >= 4 is 95.1 Å². The van der Waals surface area contributed by atoms with Gasteiger partial charge < -0.3 is 37.7 Å². The van der Waals surface area contributed by atoms with Crippen molar-refractivity contribution < 1.29 is 84.3 Å². The van der Waals surface area contributed by atoms with Crippen LogP contribution in [-0.4, -0.2) is 134 Å². The van der Waals surface area contributed by atoms with E-state index in [4.69, 9.17) is 9.47 Å². The summed E-state index contributed by atoms with van der Waals surface area (Å²) >= 11 is 0. The van der Waals surface area contributed by atoms with E-state index in [9.17, 15) is 70.2 Å². The van der Waals surface area contributed by atoms with Crippen LogP contribution in [0.1, 0.15) is 70.4 Å². The average Bonchev–Trinajstić information content (AvgIpc) is 3.62. The quantitative estimate of drug-likeness (QED) is 0.0605. The van der Waals surface area contributed by atoms with E-state index in [0.717, 1.165) is 18.2 Å². The molecule has 4 aromatic carbocycles. The van der Waals surface area contributed by atoms with Gasteiger partial charge >= 0.3 is 5.97 Å². The molecule has 1 unspecified atom stereocenters. The van der Waals surface area contributed by atoms with Gasteiger partial charge in [-0.25, -0.2) is 46.8 Å². The molecule has 71 heavy (non-hydrogen) atoms. The van der Waals surface area contributed by atoms with E-state index in [0.29, 0.717) is 59.2 Å². The Hall–Kier alpha value is -4.71. The number of aliphatic carboxylic acids is 1. The van der Waals surface area contributed by atoms with E-state index in [-0.39, 0.29) is 73.7 Å². The summed E-state index contributed by atoms with van der Waals surface area (Å²) < 4.78 is 191. The molecular formula is C45H52N3O18S5-3. The summed E-state index contributed by atoms with van der Waals surface area (Å²) in [6.45, 7) is 5.39. The van der Waals surface area contributed by atoms with Gasteiger partial charge in [-0.2, -0.15) is 4.58 Å². The zero-order valence-corrected chi connectivity index (χ0v) is 43.2. The Labute approximate surface area is 412 Å². The van der Waals surface area contributed by atoms with Crippen molar-refractivity contribution in [3.63, 3.8) is 0 Å². The zero-order chi connectivity index (χ0) is 52.7. The molecule has 21 nitrogen and oxygen atoms in total. The number of nitrogens with one attached hydrogen (secondary N) is 1. The lowest BCUT2D eigenvalue weighted by Gasteiger charge is -2.31. The number of rotatable bonds is 23. The van der Waals surface area contributed by atoms with Gasteiger partial charge in [-0.05, 0) is 105 Å². The number of fused-ring (bicyclic) bond motifs is 6. The van der Waals surface area contributed by atoms with Crippen LogP contribution in [0, 0.1) is 0 Å². The predicted octanol–water partition coefficient (Wildman–Crippen LogP) is 3.84. The number of carbonyl (C=O) groups is 1. The minimum Gasteiger partial charge on any atom is -0.748 e. The maximum Gasteiger partial charge on any atom is 0.303 e. The third-order valence-electron chi connectivity index (χ3n) is 12.7. The highest BCUT2D eigenvalue weighted by atomic mass is 32.2. The van der Waals surface area contributed by atoms with Crippen molar-refractivity contribution in [1.82, 2.24) is 4.72 Å². The third kappa shape index (κ3) is 11.7. The van der Waals surface area contributed by atoms with Crippen LogP contribution in [0.3, 0.4) is 0 Å². The van der Waals surface area contributed by atoms with Gasteiger partial charge in [-0.1, -0.05) is 12.1 Å². The Kier molecular flexibility index (Phi) is 16.2. The number of hydrogen-bond donors (Lipinski definition) is 2. The summed E-state index contributed by atoms with van der Waals surface area (Å²) in [6, 6.07) is 9.28. The first-order chi connectivity index (χ1) is 32.9. The number of benzene rings is 4. The van der Waals surface area contributed by atoms with Crippen molar-refractivity contribution in [3.8, 4) is 0 Å². The molecule has 0 amide bonds. The van der Waals surface area contributed by atoms with Gasteiger partial charge in [0.15, 0.2) is 5.71 Å². The fourth-order valence-corrected chi connectivity index (χ4v) is 13.4. The van der Waals surface area contributed by atoms with Crippen LogP contribution in [-0.2, 0) is 75.6 Å². The zero-order valence-electron chi connectivity index (χ0n) is 39.2. The molecule has 0 saturated heterocycles. The molecule has 0 fully saturated rings. The van der Waals surface area contributed by atoms with E-state index in [1.807, 2.05) is 4.58 Å². The van der Waals surface area contributed by atoms with Crippen LogP contribution in [0.4, 0.5) is 11.4 Å². The highest BCUT2D eigenvalue weighted by Crippen LogP contribution is 2.54. The molecule has 2 heterocycles. The molecule has 2 aliphatic rings. The molecular weight excluding hydrogens is 1030 g/mol. The van der Waals surface area contributed by atoms with Gasteiger partial charge in [0.2, 0.25) is 15.7 Å². The molecule has 0 spiro atoms. The van der Waals surface area contributed by atoms with E-state index in [2.05, 4.69) is 4.72 Å². The van der Waals surface area contributed by atoms with Crippen LogP contribution in [0.2, 0.25) is 0 Å². The Morgan fingerprint density at radius 3 is 1.90 bits per heavy atom. The lowest BCUT2D eigenvalue weighted by Crippen LogP contribution is -2.31. The van der Waals surface area contributed by atoms with Gasteiger partial charge in [0.1, 0.15) is 36.9 Å². The molecule has 0 aliphatic carbocycles. The van der Waals surface area contributed by atoms with Crippen molar-refractivity contribution in [2.75, 3.05) is 57.7 Å². The fourth-order valence-electron chi connectivity index (χ4n) is 9.68. The smallest absolute Gasteiger partial charge is 0.303 e. The van der Waals surface area contributed by atoms with E-state index >= 15 is 0 Å². The van der Waals surface area contributed by atoms with Crippen molar-refractivity contribution in [2.24, 2.45) is 0 Å². The molecule has 388 valence electrons. The van der Waals surface area contributed by atoms with Crippen molar-refractivity contribution in [2.45, 2.75) is 89.7 Å². The van der Waals surface area contributed by atoms with Crippen LogP contribution < -0.4 is 9.62 Å². The molecule has 0 bridgehead atoms. The summed E-state index contributed by atoms with van der Waals surface area (Å²) in [5, 5.41) is 9.15. The topological polar surface area (TPSA) is 337 Å². The Bertz CT molecular complexity index is 3480. The third-order valence-corrected chi connectivity index (χ3v) is 17.5. The van der Waals surface area contributed by atoms with Crippen molar-refractivity contribution in [1.29, 1.82) is 0 Å². The predicted molar refractivity (Wildman–Crippen MR) is 255 cm³/mol. The summed E-state index contributed by atoms with van der Waals surface area (Å²) in [4.78, 5) is 9.83. The second kappa shape index (κ2) is 20.7. The van der Waals surface area contributed by atoms with Crippen LogP contribution >= 0.6 is 0 Å². The molecule has 0 aromatic heterocycles. The standard InChI is InChI=1S/C45H55N3O18S5/c1-44(2)39(47(20-8-6-7-13-41(49)50)35-16-15-32-33(42(35)44)25-30(70(59,60)61)28-38(32)71(62,63)64)11-9-12-40-45(3,18-10-24-67(51,52)53)43-34-26-29(69(56,57)58)27-37(68(54,55)46-19-22-65-4)31(34)14-17-36(43)48(40)21-23-66-5/h9,11-12,14-17,25-28,46H,6-8,10,13,18-24H2,1-5H3,(H4-,49,50,51,52,53,56,57,58,59,60,61,62,63,64)/p-3. The van der Waals surface area contributed by atoms with Gasteiger partial charge in [-0.3, -0.25) is 4.79 Å². The number of nitrogens with zero attached hydrogens (tertiary/aromatic N) is 2. The first-order valence-corrected chi connectivity index (χ1v) is 29.2. The normalized spacial score (nSPS) is 18.1. The minimum atomic E-state index is -5.33. The van der Waals surface area contributed by atoms with E-state index in [1.54, 1.807) is 56.0 Å². The second-order valence-corrected chi connectivity index (χ2v) is 25.2. The lowest BCUT2D eigenvalue weighted by molar-refractivity contribution is -0.438. The first-order valence-electron chi connectivity index (χ1n) is 21.9. The number of allylic oxidation sites excluding steroid dienone is 4. The molecule has 26 heteroatoms. The van der Waals surface area contributed by atoms with Gasteiger partial charge in [0, 0.05) is 91.2 Å². The second-order valence-electron chi connectivity index (χ2n) is 17.8. The van der Waals surface area contributed by atoms with Gasteiger partial charge in [0.05, 0.1) is 48.3 Å². The van der Waals surface area contributed by atoms with E-state index in [1.165, 1.54) is 26.4 Å². The maximum atomic E-state index is 13.8. The van der Waals surface area contributed by atoms with Gasteiger partial charge in [-0.15, -0.1) is 0 Å². The van der Waals surface area contributed by atoms with Crippen LogP contribution in [0.15, 0.2) is 92.0 Å². The number of carboxylic acids is 1. The molecule has 0 radical (unpaired) electrons. The first kappa shape index (κ1) is 55.6. The summed E-state index contributed by atoms with van der Waals surface area (Å²) in [5.74, 6) is -1.79. The summed E-state index contributed by atoms with van der Waals surface area (Å²) in [7, 11) is -22.5. The Morgan fingerprint density at radius 2 is 1.32 bits per heavy atom. The number of carboxylic acid groups (broad SMARTS) is 1. The number of sulfonamides is 1. The molecule has 1 atom stereocenters. The maximum absolute atomic E-state index is 13.8. The summed E-state index contributed by atoms with van der Waals surface area (Å²) in [6.07, 6.45) is 5.82. The number of ether oxygens (including phenoxy) is 2. The Morgan fingerprint density at radius 1 is 0.732 bits per heavy atom. The highest BCUT2D eigenvalue weighted by Gasteiger charge is 2.47. The average molecular weight is 1080 g/mol. The largest absolute Gasteiger partial charge is 0.748 e.